The molecule has 16 aromatic carbocycles. The molecule has 0 atom stereocenters. The summed E-state index contributed by atoms with van der Waals surface area (Å²) in [5.41, 5.74) is 19.7. The minimum atomic E-state index is 0.862. The Morgan fingerprint density at radius 3 is 0.867 bits per heavy atom. The van der Waals surface area contributed by atoms with Crippen molar-refractivity contribution < 1.29 is 4.74 Å². The van der Waals surface area contributed by atoms with Crippen molar-refractivity contribution in [2.45, 2.75) is 0 Å². The Balaban J connectivity index is 0.000000139. The van der Waals surface area contributed by atoms with E-state index in [2.05, 4.69) is 331 Å². The van der Waals surface area contributed by atoms with Gasteiger partial charge in [0.05, 0.1) is 29.2 Å². The predicted molar refractivity (Wildman–Crippen MR) is 383 cm³/mol. The van der Waals surface area contributed by atoms with Gasteiger partial charge < -0.3 is 13.9 Å². The van der Waals surface area contributed by atoms with E-state index in [1.54, 1.807) is 7.11 Å². The maximum atomic E-state index is 5.45. The minimum absolute atomic E-state index is 0.862. The second-order valence-electron chi connectivity index (χ2n) is 23.4. The van der Waals surface area contributed by atoms with E-state index >= 15 is 0 Å². The second kappa shape index (κ2) is 21.9. The molecule has 0 bridgehead atoms. The molecule has 0 aliphatic rings. The highest BCUT2D eigenvalue weighted by atomic mass is 16.5. The summed E-state index contributed by atoms with van der Waals surface area (Å²) < 4.78 is 10.2. The standard InChI is InChI=1S/C45H31NO.C42H27N/c1-47-35-28-24-33(25-29-35)45-40-14-4-2-12-38(40)44(39-13-3-5-15-41(39)45)32-20-18-30(19-21-32)31-22-26-34(27-23-31)46-42-16-8-6-10-36(42)37-11-7-9-17-43(37)46;1-2-12-28(13-3-1)41-35-16-4-6-18-37(35)42(38-19-7-5-17-36(38)41)31-23-22-30-27-32(25-24-29(30)26-31)43-39-20-10-8-14-33(39)34-15-9-11-21-40(34)43/h2-29H,1H3;1-27H. The Labute approximate surface area is 521 Å². The van der Waals surface area contributed by atoms with E-state index < -0.39 is 0 Å². The van der Waals surface area contributed by atoms with Crippen LogP contribution in [0.15, 0.2) is 334 Å². The molecular formula is C87H58N2O. The molecule has 0 aliphatic carbocycles. The van der Waals surface area contributed by atoms with E-state index in [-0.39, 0.29) is 0 Å². The smallest absolute Gasteiger partial charge is 0.118 e. The van der Waals surface area contributed by atoms with Gasteiger partial charge in [-0.1, -0.05) is 267 Å². The lowest BCUT2D eigenvalue weighted by Crippen LogP contribution is -1.94. The molecule has 18 rings (SSSR count). The number of ether oxygens (including phenoxy) is 1. The van der Waals surface area contributed by atoms with Crippen molar-refractivity contribution in [3.05, 3.63) is 334 Å². The van der Waals surface area contributed by atoms with E-state index in [1.165, 1.54) is 159 Å². The summed E-state index contributed by atoms with van der Waals surface area (Å²) in [6, 6.07) is 121. The molecule has 0 amide bonds. The molecule has 2 heterocycles. The molecule has 2 aromatic heterocycles. The normalized spacial score (nSPS) is 11.6. The lowest BCUT2D eigenvalue weighted by Gasteiger charge is -2.18. The summed E-state index contributed by atoms with van der Waals surface area (Å²) in [4.78, 5) is 0. The van der Waals surface area contributed by atoms with E-state index in [0.717, 1.165) is 11.4 Å². The molecule has 3 nitrogen and oxygen atoms in total. The van der Waals surface area contributed by atoms with E-state index in [0.29, 0.717) is 0 Å². The third-order valence-corrected chi connectivity index (χ3v) is 18.5. The van der Waals surface area contributed by atoms with Gasteiger partial charge in [-0.3, -0.25) is 0 Å². The van der Waals surface area contributed by atoms with Crippen LogP contribution in [0.25, 0.3) is 164 Å². The lowest BCUT2D eigenvalue weighted by molar-refractivity contribution is 0.415. The first-order valence-electron chi connectivity index (χ1n) is 30.9. The van der Waals surface area contributed by atoms with Crippen molar-refractivity contribution >= 4 is 97.5 Å². The largest absolute Gasteiger partial charge is 0.497 e. The van der Waals surface area contributed by atoms with E-state index in [4.69, 9.17) is 4.74 Å². The first kappa shape index (κ1) is 52.5. The number of hydrogen-bond acceptors (Lipinski definition) is 1. The van der Waals surface area contributed by atoms with Crippen molar-refractivity contribution in [1.29, 1.82) is 0 Å². The Hall–Kier alpha value is -11.8. The first-order valence-corrected chi connectivity index (χ1v) is 30.9. The number of nitrogens with zero attached hydrogens (tertiary/aromatic N) is 2. The summed E-state index contributed by atoms with van der Waals surface area (Å²) in [6.45, 7) is 0. The number of para-hydroxylation sites is 4. The Morgan fingerprint density at radius 1 is 0.200 bits per heavy atom. The average molecular weight is 1150 g/mol. The SMILES string of the molecule is COc1ccc(-c2c3ccccc3c(-c3ccc(-c4ccc(-n5c6ccccc6c6ccccc65)cc4)cc3)c3ccccc23)cc1.c1ccc(-c2c3ccccc3c(-c3ccc4cc(-n5c6ccccc6c6ccccc65)ccc4c3)c3ccccc23)cc1. The fourth-order valence-corrected chi connectivity index (χ4v) is 14.4. The van der Waals surface area contributed by atoms with Crippen LogP contribution in [0.2, 0.25) is 0 Å². The monoisotopic (exact) mass is 1150 g/mol. The average Bonchev–Trinajstić information content (AvgIpc) is 0.949. The highest BCUT2D eigenvalue weighted by molar-refractivity contribution is 6.23. The van der Waals surface area contributed by atoms with E-state index in [9.17, 15) is 0 Å². The molecule has 0 radical (unpaired) electrons. The number of benzene rings is 16. The molecule has 0 N–H and O–H groups in total. The molecule has 0 spiro atoms. The zero-order valence-electron chi connectivity index (χ0n) is 49.6. The van der Waals surface area contributed by atoms with Gasteiger partial charge >= 0.3 is 0 Å². The minimum Gasteiger partial charge on any atom is -0.497 e. The molecule has 18 aromatic rings. The summed E-state index contributed by atoms with van der Waals surface area (Å²) in [6.07, 6.45) is 0. The van der Waals surface area contributed by atoms with Crippen molar-refractivity contribution in [2.24, 2.45) is 0 Å². The van der Waals surface area contributed by atoms with Crippen LogP contribution in [-0.4, -0.2) is 16.2 Å². The highest BCUT2D eigenvalue weighted by Gasteiger charge is 2.20. The van der Waals surface area contributed by atoms with Gasteiger partial charge in [-0.15, -0.1) is 0 Å². The Kier molecular flexibility index (Phi) is 12.8. The van der Waals surface area contributed by atoms with Crippen molar-refractivity contribution in [3.8, 4) is 72.8 Å². The molecule has 422 valence electrons. The zero-order chi connectivity index (χ0) is 59.7. The highest BCUT2D eigenvalue weighted by Crippen LogP contribution is 2.47. The van der Waals surface area contributed by atoms with Crippen LogP contribution in [-0.2, 0) is 0 Å². The van der Waals surface area contributed by atoms with Crippen LogP contribution in [0.1, 0.15) is 0 Å². The number of methoxy groups -OCH3 is 1. The summed E-state index contributed by atoms with van der Waals surface area (Å²) >= 11 is 0. The third kappa shape index (κ3) is 8.73. The van der Waals surface area contributed by atoms with Gasteiger partial charge in [0.2, 0.25) is 0 Å². The summed E-state index contributed by atoms with van der Waals surface area (Å²) in [5, 5.41) is 17.7. The molecule has 0 aliphatic heterocycles. The van der Waals surface area contributed by atoms with Crippen molar-refractivity contribution in [3.63, 3.8) is 0 Å². The van der Waals surface area contributed by atoms with Gasteiger partial charge in [-0.05, 0) is 176 Å². The molecule has 3 heteroatoms. The predicted octanol–water partition coefficient (Wildman–Crippen LogP) is 23.7. The van der Waals surface area contributed by atoms with Crippen LogP contribution in [0, 0.1) is 0 Å². The lowest BCUT2D eigenvalue weighted by atomic mass is 9.85. The number of rotatable bonds is 8. The molecule has 0 fully saturated rings. The zero-order valence-corrected chi connectivity index (χ0v) is 49.6. The van der Waals surface area contributed by atoms with Gasteiger partial charge in [0.15, 0.2) is 0 Å². The topological polar surface area (TPSA) is 19.1 Å². The number of fused-ring (bicyclic) bond motifs is 11. The van der Waals surface area contributed by atoms with Crippen LogP contribution < -0.4 is 4.74 Å². The van der Waals surface area contributed by atoms with Crippen molar-refractivity contribution in [2.75, 3.05) is 7.11 Å². The summed E-state index contributed by atoms with van der Waals surface area (Å²) in [7, 11) is 1.71. The summed E-state index contributed by atoms with van der Waals surface area (Å²) in [5.74, 6) is 0.862. The van der Waals surface area contributed by atoms with Gasteiger partial charge in [-0.2, -0.15) is 0 Å². The quantitative estimate of drug-likeness (QED) is 0.139. The van der Waals surface area contributed by atoms with Crippen LogP contribution >= 0.6 is 0 Å². The second-order valence-corrected chi connectivity index (χ2v) is 23.4. The first-order chi connectivity index (χ1) is 44.6. The van der Waals surface area contributed by atoms with Gasteiger partial charge in [0.25, 0.3) is 0 Å². The molecule has 0 saturated heterocycles. The Morgan fingerprint density at radius 2 is 0.467 bits per heavy atom. The van der Waals surface area contributed by atoms with Gasteiger partial charge in [-0.25, -0.2) is 0 Å². The van der Waals surface area contributed by atoms with Crippen LogP contribution in [0.3, 0.4) is 0 Å². The number of aromatic nitrogens is 2. The molecule has 0 unspecified atom stereocenters. The Bertz CT molecular complexity index is 5580. The van der Waals surface area contributed by atoms with Gasteiger partial charge in [0.1, 0.15) is 5.75 Å². The molecule has 0 saturated carbocycles. The third-order valence-electron chi connectivity index (χ3n) is 18.5. The molecular weight excluding hydrogens is 1090 g/mol. The maximum absolute atomic E-state index is 5.45. The molecule has 90 heavy (non-hydrogen) atoms. The fraction of sp³-hybridized carbons (Fsp3) is 0.0115. The maximum Gasteiger partial charge on any atom is 0.118 e. The van der Waals surface area contributed by atoms with Gasteiger partial charge in [0, 0.05) is 32.9 Å². The van der Waals surface area contributed by atoms with Crippen molar-refractivity contribution in [1.82, 2.24) is 9.13 Å². The fourth-order valence-electron chi connectivity index (χ4n) is 14.4. The number of hydrogen-bond donors (Lipinski definition) is 0. The van der Waals surface area contributed by atoms with E-state index in [1.807, 2.05) is 12.1 Å². The van der Waals surface area contributed by atoms with Crippen LogP contribution in [0.5, 0.6) is 5.75 Å². The van der Waals surface area contributed by atoms with Crippen LogP contribution in [0.4, 0.5) is 0 Å².